The minimum atomic E-state index is -4.49. The van der Waals surface area contributed by atoms with Gasteiger partial charge in [-0.2, -0.15) is 13.2 Å². The summed E-state index contributed by atoms with van der Waals surface area (Å²) in [5.41, 5.74) is 0. The molecule has 22 heavy (non-hydrogen) atoms. The summed E-state index contributed by atoms with van der Waals surface area (Å²) in [5.74, 6) is -2.29. The summed E-state index contributed by atoms with van der Waals surface area (Å²) in [6.07, 6.45) is -6.69. The Kier molecular flexibility index (Phi) is 6.42. The van der Waals surface area contributed by atoms with Gasteiger partial charge in [0.05, 0.1) is 25.5 Å². The molecule has 1 fully saturated rings. The third kappa shape index (κ3) is 6.78. The molecule has 0 radical (unpaired) electrons. The van der Waals surface area contributed by atoms with Crippen LogP contribution in [0.15, 0.2) is 0 Å². The fourth-order valence-corrected chi connectivity index (χ4v) is 2.67. The molecule has 9 heteroatoms. The lowest BCUT2D eigenvalue weighted by molar-refractivity contribution is -0.162. The normalized spacial score (nSPS) is 17.5. The Morgan fingerprint density at radius 2 is 2.05 bits per heavy atom. The van der Waals surface area contributed by atoms with E-state index in [1.807, 2.05) is 0 Å². The minimum Gasteiger partial charge on any atom is -0.447 e. The highest BCUT2D eigenvalue weighted by atomic mass is 28.3. The quantitative estimate of drug-likeness (QED) is 0.528. The van der Waals surface area contributed by atoms with E-state index in [1.54, 1.807) is 0 Å². The van der Waals surface area contributed by atoms with Gasteiger partial charge in [0, 0.05) is 14.7 Å². The predicted molar refractivity (Wildman–Crippen MR) is 76.2 cm³/mol. The summed E-state index contributed by atoms with van der Waals surface area (Å²) in [5, 5.41) is 0. The fraction of sp³-hybridized carbons (Fsp3) is 0.846. The molecule has 1 heterocycles. The molecule has 0 aliphatic carbocycles. The molecular formula is C13H22F3NO4Si. The molecule has 5 nitrogen and oxygen atoms in total. The van der Waals surface area contributed by atoms with Crippen molar-refractivity contribution >= 4 is 20.1 Å². The highest BCUT2D eigenvalue weighted by Crippen LogP contribution is 2.27. The molecule has 0 bridgehead atoms. The average Bonchev–Trinajstić information content (AvgIpc) is 2.76. The van der Waals surface area contributed by atoms with Crippen molar-refractivity contribution in [3.63, 3.8) is 0 Å². The van der Waals surface area contributed by atoms with E-state index < -0.39 is 38.6 Å². The number of nitrogens with zero attached hydrogens (tertiary/aromatic N) is 1. The van der Waals surface area contributed by atoms with E-state index in [9.17, 15) is 22.8 Å². The lowest BCUT2D eigenvalue weighted by Gasteiger charge is -2.22. The van der Waals surface area contributed by atoms with Crippen LogP contribution in [0.4, 0.5) is 18.0 Å². The summed E-state index contributed by atoms with van der Waals surface area (Å²) in [6, 6.07) is 0.797. The maximum Gasteiger partial charge on any atom is 0.416 e. The Morgan fingerprint density at radius 3 is 2.50 bits per heavy atom. The summed E-state index contributed by atoms with van der Waals surface area (Å²) in [7, 11) is -1.36. The van der Waals surface area contributed by atoms with Gasteiger partial charge in [0.15, 0.2) is 0 Å². The zero-order chi connectivity index (χ0) is 17.0. The van der Waals surface area contributed by atoms with Gasteiger partial charge in [0.25, 0.3) is 0 Å². The Morgan fingerprint density at radius 1 is 1.41 bits per heavy atom. The second kappa shape index (κ2) is 7.45. The highest BCUT2D eigenvalue weighted by Gasteiger charge is 2.40. The number of ether oxygens (including phenoxy) is 2. The number of carbonyl (C=O) groups excluding carboxylic acids is 2. The van der Waals surface area contributed by atoms with Crippen LogP contribution in [0, 0.1) is 5.92 Å². The van der Waals surface area contributed by atoms with Gasteiger partial charge in [0.1, 0.15) is 6.61 Å². The van der Waals surface area contributed by atoms with Crippen LogP contribution in [-0.4, -0.2) is 57.5 Å². The van der Waals surface area contributed by atoms with E-state index in [1.165, 1.54) is 0 Å². The second-order valence-electron chi connectivity index (χ2n) is 6.51. The maximum atomic E-state index is 12.6. The molecule has 1 saturated heterocycles. The molecule has 0 aromatic carbocycles. The number of hydrogen-bond acceptors (Lipinski definition) is 4. The highest BCUT2D eigenvalue weighted by molar-refractivity contribution is 6.76. The zero-order valence-electron chi connectivity index (χ0n) is 13.0. The van der Waals surface area contributed by atoms with E-state index in [0.717, 1.165) is 10.9 Å². The Hall–Kier alpha value is -1.09. The van der Waals surface area contributed by atoms with Crippen LogP contribution in [0.25, 0.3) is 0 Å². The number of imide groups is 1. The van der Waals surface area contributed by atoms with Gasteiger partial charge in [0.2, 0.25) is 5.91 Å². The molecule has 1 aliphatic rings. The van der Waals surface area contributed by atoms with Crippen molar-refractivity contribution in [2.75, 3.05) is 26.4 Å². The van der Waals surface area contributed by atoms with Gasteiger partial charge in [-0.15, -0.1) is 0 Å². The van der Waals surface area contributed by atoms with Gasteiger partial charge >= 0.3 is 12.3 Å². The molecular weight excluding hydrogens is 319 g/mol. The van der Waals surface area contributed by atoms with Gasteiger partial charge in [-0.05, 0) is 6.04 Å². The standard InChI is InChI=1S/C13H22F3NO4Si/c1-22(2,3)7-6-20-9-10(8-13(14,15)16)11(18)17-4-5-21-12(17)19/h10H,4-9H2,1-3H3/t10-/m0/s1. The predicted octanol–water partition coefficient (Wildman–Crippen LogP) is 2.89. The molecule has 0 unspecified atom stereocenters. The number of carbonyl (C=O) groups is 2. The zero-order valence-corrected chi connectivity index (χ0v) is 14.0. The molecule has 0 aromatic heterocycles. The first kappa shape index (κ1) is 19.0. The van der Waals surface area contributed by atoms with Crippen molar-refractivity contribution in [2.45, 2.75) is 38.3 Å². The Balaban J connectivity index is 2.59. The van der Waals surface area contributed by atoms with Crippen molar-refractivity contribution in [3.8, 4) is 0 Å². The van der Waals surface area contributed by atoms with Crippen LogP contribution in [0.2, 0.25) is 25.7 Å². The Labute approximate surface area is 128 Å². The van der Waals surface area contributed by atoms with Crippen LogP contribution in [-0.2, 0) is 14.3 Å². The van der Waals surface area contributed by atoms with Gasteiger partial charge in [-0.25, -0.2) is 9.69 Å². The van der Waals surface area contributed by atoms with Crippen molar-refractivity contribution in [1.82, 2.24) is 4.90 Å². The molecule has 0 spiro atoms. The number of alkyl halides is 3. The second-order valence-corrected chi connectivity index (χ2v) is 12.1. The lowest BCUT2D eigenvalue weighted by atomic mass is 10.0. The third-order valence-electron chi connectivity index (χ3n) is 3.17. The number of halogens is 3. The van der Waals surface area contributed by atoms with E-state index in [2.05, 4.69) is 24.4 Å². The molecule has 128 valence electrons. The van der Waals surface area contributed by atoms with E-state index in [-0.39, 0.29) is 19.8 Å². The fourth-order valence-electron chi connectivity index (χ4n) is 1.91. The first-order valence-corrected chi connectivity index (χ1v) is 10.8. The summed E-state index contributed by atoms with van der Waals surface area (Å²) >= 11 is 0. The van der Waals surface area contributed by atoms with Crippen LogP contribution in [0.5, 0.6) is 0 Å². The summed E-state index contributed by atoms with van der Waals surface area (Å²) < 4.78 is 47.7. The van der Waals surface area contributed by atoms with Gasteiger partial charge in [-0.3, -0.25) is 4.79 Å². The van der Waals surface area contributed by atoms with Gasteiger partial charge in [-0.1, -0.05) is 19.6 Å². The largest absolute Gasteiger partial charge is 0.447 e. The first-order chi connectivity index (χ1) is 9.99. The SMILES string of the molecule is C[Si](C)(C)CCOC[C@H](CC(F)(F)F)C(=O)N1CCOC1=O. The van der Waals surface area contributed by atoms with Crippen molar-refractivity contribution < 1.29 is 32.2 Å². The lowest BCUT2D eigenvalue weighted by Crippen LogP contribution is -2.40. The molecule has 2 amide bonds. The van der Waals surface area contributed by atoms with E-state index >= 15 is 0 Å². The van der Waals surface area contributed by atoms with E-state index in [0.29, 0.717) is 6.61 Å². The van der Waals surface area contributed by atoms with Crippen LogP contribution in [0.3, 0.4) is 0 Å². The van der Waals surface area contributed by atoms with E-state index in [4.69, 9.17) is 4.74 Å². The summed E-state index contributed by atoms with van der Waals surface area (Å²) in [6.45, 7) is 6.34. The summed E-state index contributed by atoms with van der Waals surface area (Å²) in [4.78, 5) is 24.1. The third-order valence-corrected chi connectivity index (χ3v) is 4.87. The van der Waals surface area contributed by atoms with Crippen molar-refractivity contribution in [3.05, 3.63) is 0 Å². The van der Waals surface area contributed by atoms with Crippen LogP contribution in [0.1, 0.15) is 6.42 Å². The Bertz CT molecular complexity index is 409. The molecule has 0 aromatic rings. The topological polar surface area (TPSA) is 55.8 Å². The first-order valence-electron chi connectivity index (χ1n) is 7.12. The molecule has 1 aliphatic heterocycles. The van der Waals surface area contributed by atoms with Crippen molar-refractivity contribution in [2.24, 2.45) is 5.92 Å². The number of amides is 2. The molecule has 1 rings (SSSR count). The molecule has 0 saturated carbocycles. The van der Waals surface area contributed by atoms with Crippen LogP contribution >= 0.6 is 0 Å². The van der Waals surface area contributed by atoms with Crippen LogP contribution < -0.4 is 0 Å². The molecule has 1 atom stereocenters. The number of cyclic esters (lactones) is 1. The van der Waals surface area contributed by atoms with Gasteiger partial charge < -0.3 is 9.47 Å². The number of hydrogen-bond donors (Lipinski definition) is 0. The average molecular weight is 341 g/mol. The smallest absolute Gasteiger partial charge is 0.416 e. The maximum absolute atomic E-state index is 12.6. The number of rotatable bonds is 7. The molecule has 0 N–H and O–H groups in total. The van der Waals surface area contributed by atoms with Crippen molar-refractivity contribution in [1.29, 1.82) is 0 Å². The minimum absolute atomic E-state index is 0.0130. The monoisotopic (exact) mass is 341 g/mol.